The highest BCUT2D eigenvalue weighted by Crippen LogP contribution is 1.99. The van der Waals surface area contributed by atoms with Crippen LogP contribution in [0.15, 0.2) is 24.5 Å². The SMILES string of the molecule is CCC[C@@H](NC(=O)[C@H](C)NC(=O)Cc1ccncc1)C(N)=O. The van der Waals surface area contributed by atoms with Gasteiger partial charge in [-0.25, -0.2) is 0 Å². The van der Waals surface area contributed by atoms with Crippen molar-refractivity contribution in [2.24, 2.45) is 5.73 Å². The van der Waals surface area contributed by atoms with Gasteiger partial charge in [-0.05, 0) is 31.0 Å². The molecule has 7 nitrogen and oxygen atoms in total. The number of aromatic nitrogens is 1. The third-order valence-corrected chi connectivity index (χ3v) is 3.12. The Morgan fingerprint density at radius 3 is 2.41 bits per heavy atom. The molecule has 22 heavy (non-hydrogen) atoms. The van der Waals surface area contributed by atoms with Crippen molar-refractivity contribution < 1.29 is 14.4 Å². The van der Waals surface area contributed by atoms with E-state index in [2.05, 4.69) is 15.6 Å². The van der Waals surface area contributed by atoms with Crippen LogP contribution in [0.4, 0.5) is 0 Å². The molecule has 7 heteroatoms. The Morgan fingerprint density at radius 1 is 1.23 bits per heavy atom. The average molecular weight is 306 g/mol. The monoisotopic (exact) mass is 306 g/mol. The second-order valence-corrected chi connectivity index (χ2v) is 5.07. The number of amides is 3. The molecule has 1 rings (SSSR count). The predicted octanol–water partition coefficient (Wildman–Crippen LogP) is -0.101. The Hall–Kier alpha value is -2.44. The molecule has 0 unspecified atom stereocenters. The lowest BCUT2D eigenvalue weighted by Crippen LogP contribution is -2.52. The van der Waals surface area contributed by atoms with Crippen molar-refractivity contribution >= 4 is 17.7 Å². The van der Waals surface area contributed by atoms with E-state index < -0.39 is 23.9 Å². The number of primary amides is 1. The summed E-state index contributed by atoms with van der Waals surface area (Å²) < 4.78 is 0. The first kappa shape index (κ1) is 17.6. The van der Waals surface area contributed by atoms with Crippen LogP contribution in [0.3, 0.4) is 0 Å². The first-order chi connectivity index (χ1) is 10.4. The average Bonchev–Trinajstić information content (AvgIpc) is 2.47. The third kappa shape index (κ3) is 5.90. The summed E-state index contributed by atoms with van der Waals surface area (Å²) in [5.74, 6) is -1.29. The van der Waals surface area contributed by atoms with Gasteiger partial charge in [-0.2, -0.15) is 0 Å². The zero-order chi connectivity index (χ0) is 16.5. The predicted molar refractivity (Wildman–Crippen MR) is 81.6 cm³/mol. The van der Waals surface area contributed by atoms with Gasteiger partial charge in [0, 0.05) is 12.4 Å². The molecule has 0 bridgehead atoms. The van der Waals surface area contributed by atoms with Crippen molar-refractivity contribution in [3.05, 3.63) is 30.1 Å². The van der Waals surface area contributed by atoms with Gasteiger partial charge in [-0.15, -0.1) is 0 Å². The van der Waals surface area contributed by atoms with Crippen LogP contribution in [0.25, 0.3) is 0 Å². The van der Waals surface area contributed by atoms with E-state index >= 15 is 0 Å². The van der Waals surface area contributed by atoms with Crippen molar-refractivity contribution in [2.45, 2.75) is 45.2 Å². The molecular weight excluding hydrogens is 284 g/mol. The summed E-state index contributed by atoms with van der Waals surface area (Å²) in [5, 5.41) is 5.14. The number of carbonyl (C=O) groups excluding carboxylic acids is 3. The zero-order valence-corrected chi connectivity index (χ0v) is 12.8. The molecule has 0 aliphatic rings. The Labute approximate surface area is 129 Å². The number of hydrogen-bond donors (Lipinski definition) is 3. The fraction of sp³-hybridized carbons (Fsp3) is 0.467. The van der Waals surface area contributed by atoms with E-state index in [-0.39, 0.29) is 12.3 Å². The highest BCUT2D eigenvalue weighted by Gasteiger charge is 2.21. The molecule has 1 heterocycles. The molecule has 3 amide bonds. The summed E-state index contributed by atoms with van der Waals surface area (Å²) in [7, 11) is 0. The van der Waals surface area contributed by atoms with E-state index in [4.69, 9.17) is 5.73 Å². The lowest BCUT2D eigenvalue weighted by molar-refractivity contribution is -0.130. The Bertz CT molecular complexity index is 519. The zero-order valence-electron chi connectivity index (χ0n) is 12.8. The largest absolute Gasteiger partial charge is 0.368 e. The second kappa shape index (κ2) is 8.76. The molecule has 2 atom stereocenters. The molecule has 0 saturated carbocycles. The Morgan fingerprint density at radius 2 is 1.86 bits per heavy atom. The first-order valence-corrected chi connectivity index (χ1v) is 7.22. The van der Waals surface area contributed by atoms with Crippen LogP contribution in [-0.4, -0.2) is 34.8 Å². The van der Waals surface area contributed by atoms with Gasteiger partial charge >= 0.3 is 0 Å². The number of pyridine rings is 1. The third-order valence-electron chi connectivity index (χ3n) is 3.12. The molecule has 0 radical (unpaired) electrons. The van der Waals surface area contributed by atoms with Crippen LogP contribution < -0.4 is 16.4 Å². The number of carbonyl (C=O) groups is 3. The number of nitrogens with one attached hydrogen (secondary N) is 2. The molecule has 0 aromatic carbocycles. The van der Waals surface area contributed by atoms with E-state index in [1.807, 2.05) is 6.92 Å². The van der Waals surface area contributed by atoms with Crippen LogP contribution in [-0.2, 0) is 20.8 Å². The highest BCUT2D eigenvalue weighted by atomic mass is 16.2. The summed E-state index contributed by atoms with van der Waals surface area (Å²) in [6, 6.07) is 2.01. The maximum absolute atomic E-state index is 12.0. The summed E-state index contributed by atoms with van der Waals surface area (Å²) in [4.78, 5) is 38.9. The van der Waals surface area contributed by atoms with Crippen LogP contribution in [0, 0.1) is 0 Å². The summed E-state index contributed by atoms with van der Waals surface area (Å²) in [5.41, 5.74) is 6.03. The molecule has 0 fully saturated rings. The summed E-state index contributed by atoms with van der Waals surface area (Å²) in [6.45, 7) is 3.45. The van der Waals surface area contributed by atoms with Gasteiger partial charge in [-0.3, -0.25) is 19.4 Å². The molecule has 0 aliphatic heterocycles. The van der Waals surface area contributed by atoms with Gasteiger partial charge in [0.2, 0.25) is 17.7 Å². The van der Waals surface area contributed by atoms with Gasteiger partial charge in [0.25, 0.3) is 0 Å². The van der Waals surface area contributed by atoms with Crippen LogP contribution in [0.5, 0.6) is 0 Å². The highest BCUT2D eigenvalue weighted by molar-refractivity contribution is 5.91. The van der Waals surface area contributed by atoms with Crippen molar-refractivity contribution in [1.82, 2.24) is 15.6 Å². The maximum Gasteiger partial charge on any atom is 0.242 e. The minimum Gasteiger partial charge on any atom is -0.368 e. The number of nitrogens with zero attached hydrogens (tertiary/aromatic N) is 1. The fourth-order valence-corrected chi connectivity index (χ4v) is 1.92. The van der Waals surface area contributed by atoms with Gasteiger partial charge in [0.15, 0.2) is 0 Å². The summed E-state index contributed by atoms with van der Waals surface area (Å²) in [6.07, 6.45) is 4.55. The molecule has 4 N–H and O–H groups in total. The molecular formula is C15H22N4O3. The van der Waals surface area contributed by atoms with E-state index in [0.717, 1.165) is 12.0 Å². The van der Waals surface area contributed by atoms with Crippen LogP contribution in [0.2, 0.25) is 0 Å². The lowest BCUT2D eigenvalue weighted by atomic mass is 10.1. The molecule has 120 valence electrons. The van der Waals surface area contributed by atoms with Gasteiger partial charge in [0.1, 0.15) is 12.1 Å². The summed E-state index contributed by atoms with van der Waals surface area (Å²) >= 11 is 0. The topological polar surface area (TPSA) is 114 Å². The van der Waals surface area contributed by atoms with E-state index in [9.17, 15) is 14.4 Å². The Kier molecular flexibility index (Phi) is 7.01. The molecule has 0 aliphatic carbocycles. The smallest absolute Gasteiger partial charge is 0.242 e. The minimum absolute atomic E-state index is 0.161. The van der Waals surface area contributed by atoms with E-state index in [1.165, 1.54) is 0 Å². The standard InChI is InChI=1S/C15H22N4O3/c1-3-4-12(14(16)21)19-15(22)10(2)18-13(20)9-11-5-7-17-8-6-11/h5-8,10,12H,3-4,9H2,1-2H3,(H2,16,21)(H,18,20)(H,19,22)/t10-,12+/m0/s1. The van der Waals surface area contributed by atoms with Gasteiger partial charge in [0.05, 0.1) is 6.42 Å². The second-order valence-electron chi connectivity index (χ2n) is 5.07. The molecule has 0 saturated heterocycles. The normalized spacial score (nSPS) is 13.0. The van der Waals surface area contributed by atoms with Gasteiger partial charge in [-0.1, -0.05) is 13.3 Å². The van der Waals surface area contributed by atoms with E-state index in [1.54, 1.807) is 31.5 Å². The molecule has 1 aromatic heterocycles. The van der Waals surface area contributed by atoms with Crippen LogP contribution >= 0.6 is 0 Å². The molecule has 1 aromatic rings. The van der Waals surface area contributed by atoms with Crippen molar-refractivity contribution in [2.75, 3.05) is 0 Å². The minimum atomic E-state index is -0.743. The number of rotatable bonds is 8. The van der Waals surface area contributed by atoms with E-state index in [0.29, 0.717) is 6.42 Å². The van der Waals surface area contributed by atoms with Crippen molar-refractivity contribution in [3.63, 3.8) is 0 Å². The van der Waals surface area contributed by atoms with Crippen LogP contribution in [0.1, 0.15) is 32.3 Å². The van der Waals surface area contributed by atoms with Crippen molar-refractivity contribution in [1.29, 1.82) is 0 Å². The first-order valence-electron chi connectivity index (χ1n) is 7.22. The molecule has 0 spiro atoms. The lowest BCUT2D eigenvalue weighted by Gasteiger charge is -2.19. The van der Waals surface area contributed by atoms with Gasteiger partial charge < -0.3 is 16.4 Å². The Balaban J connectivity index is 2.49. The van der Waals surface area contributed by atoms with Crippen molar-refractivity contribution in [3.8, 4) is 0 Å². The maximum atomic E-state index is 12.0. The number of nitrogens with two attached hydrogens (primary N) is 1. The fourth-order valence-electron chi connectivity index (χ4n) is 1.92. The quantitative estimate of drug-likeness (QED) is 0.622. The number of hydrogen-bond acceptors (Lipinski definition) is 4.